The Kier molecular flexibility index (Phi) is 6.85. The van der Waals surface area contributed by atoms with E-state index in [9.17, 15) is 9.90 Å². The van der Waals surface area contributed by atoms with Crippen molar-refractivity contribution in [1.29, 1.82) is 0 Å². The van der Waals surface area contributed by atoms with E-state index in [2.05, 4.69) is 47.5 Å². The van der Waals surface area contributed by atoms with Gasteiger partial charge in [0.15, 0.2) is 0 Å². The average Bonchev–Trinajstić information content (AvgIpc) is 3.66. The van der Waals surface area contributed by atoms with Crippen molar-refractivity contribution in [3.63, 3.8) is 0 Å². The van der Waals surface area contributed by atoms with Crippen molar-refractivity contribution < 1.29 is 14.6 Å². The number of fused-ring (bicyclic) bond motifs is 1. The smallest absolute Gasteiger partial charge is 0.317 e. The number of hydrogen-bond donors (Lipinski definition) is 2. The first-order valence-corrected chi connectivity index (χ1v) is 14.2. The number of urea groups is 1. The minimum atomic E-state index is -0.0202. The van der Waals surface area contributed by atoms with Gasteiger partial charge < -0.3 is 25.0 Å². The van der Waals surface area contributed by atoms with Crippen molar-refractivity contribution in [2.24, 2.45) is 0 Å². The number of amides is 2. The van der Waals surface area contributed by atoms with Gasteiger partial charge in [0, 0.05) is 41.4 Å². The van der Waals surface area contributed by atoms with Crippen LogP contribution in [0.3, 0.4) is 0 Å². The zero-order valence-electron chi connectivity index (χ0n) is 21.7. The highest BCUT2D eigenvalue weighted by molar-refractivity contribution is 7.22. The predicted octanol–water partition coefficient (Wildman–Crippen LogP) is 6.18. The predicted molar refractivity (Wildman–Crippen MR) is 155 cm³/mol. The lowest BCUT2D eigenvalue weighted by atomic mass is 9.97. The maximum atomic E-state index is 11.7. The van der Waals surface area contributed by atoms with Crippen LogP contribution in [-0.2, 0) is 6.42 Å². The fraction of sp³-hybridized carbons (Fsp3) is 0.323. The summed E-state index contributed by atoms with van der Waals surface area (Å²) in [6, 6.07) is 20.8. The summed E-state index contributed by atoms with van der Waals surface area (Å²) in [5, 5.41) is 14.1. The molecule has 6 rings (SSSR count). The Labute approximate surface area is 227 Å². The maximum absolute atomic E-state index is 11.7. The molecule has 2 N–H and O–H groups in total. The van der Waals surface area contributed by atoms with Gasteiger partial charge in [-0.15, -0.1) is 11.3 Å². The van der Waals surface area contributed by atoms with Gasteiger partial charge >= 0.3 is 6.03 Å². The molecule has 2 saturated heterocycles. The Bertz CT molecular complexity index is 1460. The number of hydrogen-bond acceptors (Lipinski definition) is 5. The van der Waals surface area contributed by atoms with E-state index in [0.717, 1.165) is 42.1 Å². The molecule has 0 spiro atoms. The third kappa shape index (κ3) is 5.03. The fourth-order valence-electron chi connectivity index (χ4n) is 5.59. The zero-order chi connectivity index (χ0) is 26.1. The third-order valence-electron chi connectivity index (χ3n) is 7.56. The van der Waals surface area contributed by atoms with E-state index in [-0.39, 0.29) is 11.8 Å². The molecule has 7 heteroatoms. The number of aryl methyl sites for hydroxylation is 1. The van der Waals surface area contributed by atoms with E-state index in [1.165, 1.54) is 45.5 Å². The lowest BCUT2D eigenvalue weighted by molar-refractivity contribution is 0.202. The number of thiophene rings is 1. The van der Waals surface area contributed by atoms with Crippen LogP contribution in [0.25, 0.3) is 20.5 Å². The molecule has 0 aliphatic carbocycles. The molecule has 3 aromatic carbocycles. The quantitative estimate of drug-likeness (QED) is 0.287. The van der Waals surface area contributed by atoms with Gasteiger partial charge in [0.25, 0.3) is 0 Å². The highest BCUT2D eigenvalue weighted by Gasteiger charge is 2.20. The molecule has 38 heavy (non-hydrogen) atoms. The number of phenolic OH excluding ortho intramolecular Hbond substituents is 1. The van der Waals surface area contributed by atoms with Crippen LogP contribution in [0.4, 0.5) is 10.5 Å². The Balaban J connectivity index is 1.24. The van der Waals surface area contributed by atoms with Gasteiger partial charge in [-0.05, 0) is 102 Å². The molecule has 0 bridgehead atoms. The molecule has 2 aliphatic rings. The third-order valence-corrected chi connectivity index (χ3v) is 8.80. The molecule has 6 nitrogen and oxygen atoms in total. The molecule has 3 heterocycles. The molecule has 4 aromatic rings. The number of anilines is 1. The van der Waals surface area contributed by atoms with Crippen LogP contribution in [0.5, 0.6) is 11.5 Å². The van der Waals surface area contributed by atoms with E-state index in [1.807, 2.05) is 24.3 Å². The number of rotatable bonds is 8. The molecule has 2 aliphatic heterocycles. The lowest BCUT2D eigenvalue weighted by Crippen LogP contribution is -2.31. The number of nitrogens with one attached hydrogen (secondary N) is 1. The van der Waals surface area contributed by atoms with Crippen LogP contribution in [0, 0.1) is 6.92 Å². The summed E-state index contributed by atoms with van der Waals surface area (Å²) in [5.74, 6) is 1.08. The van der Waals surface area contributed by atoms with Crippen molar-refractivity contribution in [2.75, 3.05) is 44.2 Å². The van der Waals surface area contributed by atoms with Gasteiger partial charge in [-0.2, -0.15) is 0 Å². The van der Waals surface area contributed by atoms with E-state index in [4.69, 9.17) is 4.74 Å². The van der Waals surface area contributed by atoms with Crippen molar-refractivity contribution in [3.05, 3.63) is 77.4 Å². The first kappa shape index (κ1) is 24.6. The van der Waals surface area contributed by atoms with Crippen LogP contribution < -0.4 is 15.0 Å². The first-order valence-electron chi connectivity index (χ1n) is 13.4. The molecule has 2 amide bonds. The number of nitrogens with zero attached hydrogens (tertiary/aromatic N) is 2. The second kappa shape index (κ2) is 10.6. The molecule has 1 aromatic heterocycles. The fourth-order valence-corrected chi connectivity index (χ4v) is 6.85. The molecular formula is C31H33N3O3S. The maximum Gasteiger partial charge on any atom is 0.317 e. The van der Waals surface area contributed by atoms with Crippen molar-refractivity contribution in [3.8, 4) is 21.9 Å². The Morgan fingerprint density at radius 1 is 1.00 bits per heavy atom. The van der Waals surface area contributed by atoms with E-state index in [0.29, 0.717) is 19.7 Å². The number of benzene rings is 3. The number of carbonyl (C=O) groups is 1. The van der Waals surface area contributed by atoms with Gasteiger partial charge in [-0.3, -0.25) is 0 Å². The summed E-state index contributed by atoms with van der Waals surface area (Å²) < 4.78 is 7.01. The van der Waals surface area contributed by atoms with Gasteiger partial charge in [-0.25, -0.2) is 4.79 Å². The minimum absolute atomic E-state index is 0.0202. The number of aromatic hydroxyl groups is 1. The molecule has 0 radical (unpaired) electrons. The van der Waals surface area contributed by atoms with Gasteiger partial charge in [0.2, 0.25) is 0 Å². The second-order valence-electron chi connectivity index (χ2n) is 10.2. The number of phenols is 1. The molecular weight excluding hydrogens is 494 g/mol. The highest BCUT2D eigenvalue weighted by Crippen LogP contribution is 2.42. The molecule has 0 unspecified atom stereocenters. The minimum Gasteiger partial charge on any atom is -0.508 e. The van der Waals surface area contributed by atoms with E-state index < -0.39 is 0 Å². The van der Waals surface area contributed by atoms with E-state index in [1.54, 1.807) is 22.3 Å². The summed E-state index contributed by atoms with van der Waals surface area (Å²) in [7, 11) is 0. The normalized spacial score (nSPS) is 15.4. The summed E-state index contributed by atoms with van der Waals surface area (Å²) in [5.41, 5.74) is 6.40. The van der Waals surface area contributed by atoms with Crippen LogP contribution in [0.15, 0.2) is 60.7 Å². The zero-order valence-corrected chi connectivity index (χ0v) is 22.5. The first-order chi connectivity index (χ1) is 18.5. The largest absolute Gasteiger partial charge is 0.508 e. The topological polar surface area (TPSA) is 65.0 Å². The molecule has 0 saturated carbocycles. The monoisotopic (exact) mass is 527 g/mol. The molecule has 0 atom stereocenters. The van der Waals surface area contributed by atoms with E-state index >= 15 is 0 Å². The summed E-state index contributed by atoms with van der Waals surface area (Å²) >= 11 is 1.72. The standard InChI is InChI=1S/C31H33N3O3S/c1-21-18-22(4-11-28(21)33-13-2-3-14-33)19-27-26-10-7-24(35)20-29(26)38-30(27)23-5-8-25(9-6-23)37-17-16-34-15-12-32-31(34)36/h4-11,18,20,35H,2-3,12-17,19H2,1H3,(H,32,36). The van der Waals surface area contributed by atoms with Crippen molar-refractivity contribution in [1.82, 2.24) is 10.2 Å². The van der Waals surface area contributed by atoms with Gasteiger partial charge in [0.1, 0.15) is 18.1 Å². The highest BCUT2D eigenvalue weighted by atomic mass is 32.1. The molecule has 2 fully saturated rings. The second-order valence-corrected chi connectivity index (χ2v) is 11.2. The van der Waals surface area contributed by atoms with Crippen LogP contribution in [0.1, 0.15) is 29.5 Å². The Morgan fingerprint density at radius 2 is 1.82 bits per heavy atom. The summed E-state index contributed by atoms with van der Waals surface area (Å²) in [4.78, 5) is 17.2. The Hall–Kier alpha value is -3.71. The molecule has 196 valence electrons. The lowest BCUT2D eigenvalue weighted by Gasteiger charge is -2.20. The van der Waals surface area contributed by atoms with Crippen molar-refractivity contribution in [2.45, 2.75) is 26.2 Å². The summed E-state index contributed by atoms with van der Waals surface area (Å²) in [6.45, 7) is 6.99. The number of carbonyl (C=O) groups excluding carboxylic acids is 1. The van der Waals surface area contributed by atoms with Crippen molar-refractivity contribution >= 4 is 33.1 Å². The number of ether oxygens (including phenoxy) is 1. The van der Waals surface area contributed by atoms with Crippen LogP contribution in [-0.4, -0.2) is 55.4 Å². The summed E-state index contributed by atoms with van der Waals surface area (Å²) in [6.07, 6.45) is 3.38. The van der Waals surface area contributed by atoms with Gasteiger partial charge in [-0.1, -0.05) is 12.1 Å². The van der Waals surface area contributed by atoms with Crippen LogP contribution in [0.2, 0.25) is 0 Å². The SMILES string of the molecule is Cc1cc(Cc2c(-c3ccc(OCCN4CCNC4=O)cc3)sc3cc(O)ccc23)ccc1N1CCCC1. The van der Waals surface area contributed by atoms with Gasteiger partial charge in [0.05, 0.1) is 6.54 Å². The van der Waals surface area contributed by atoms with Crippen LogP contribution >= 0.6 is 11.3 Å². The average molecular weight is 528 g/mol. The Morgan fingerprint density at radius 3 is 2.55 bits per heavy atom.